The van der Waals surface area contributed by atoms with E-state index in [2.05, 4.69) is 54.6 Å². The molecule has 102 valence electrons. The summed E-state index contributed by atoms with van der Waals surface area (Å²) in [5.74, 6) is 0.924. The molecule has 0 amide bonds. The lowest BCUT2D eigenvalue weighted by Gasteiger charge is -2.25. The molecule has 19 heavy (non-hydrogen) atoms. The SMILES string of the molecule is CCC(c1ccccc1)n1c(Cl)nnc1C(C)(C)C. The highest BCUT2D eigenvalue weighted by atomic mass is 35.5. The average molecular weight is 278 g/mol. The number of benzene rings is 1. The fourth-order valence-corrected chi connectivity index (χ4v) is 2.54. The van der Waals surface area contributed by atoms with Gasteiger partial charge in [-0.15, -0.1) is 10.2 Å². The standard InChI is InChI=1S/C15H20ClN3/c1-5-12(11-9-7-6-8-10-11)19-13(15(2,3)4)17-18-14(19)16/h6-10,12H,5H2,1-4H3. The third-order valence-corrected chi connectivity index (χ3v) is 3.47. The van der Waals surface area contributed by atoms with Gasteiger partial charge in [0.2, 0.25) is 5.28 Å². The zero-order valence-corrected chi connectivity index (χ0v) is 12.6. The maximum atomic E-state index is 6.26. The Morgan fingerprint density at radius 3 is 2.32 bits per heavy atom. The summed E-state index contributed by atoms with van der Waals surface area (Å²) in [5.41, 5.74) is 1.15. The first-order valence-corrected chi connectivity index (χ1v) is 6.98. The highest BCUT2D eigenvalue weighted by Crippen LogP contribution is 2.31. The highest BCUT2D eigenvalue weighted by molar-refractivity contribution is 6.28. The molecule has 0 saturated heterocycles. The smallest absolute Gasteiger partial charge is 0.225 e. The van der Waals surface area contributed by atoms with Gasteiger partial charge in [-0.3, -0.25) is 4.57 Å². The van der Waals surface area contributed by atoms with E-state index in [0.717, 1.165) is 12.2 Å². The molecule has 0 bridgehead atoms. The molecular formula is C15H20ClN3. The Morgan fingerprint density at radius 2 is 1.79 bits per heavy atom. The van der Waals surface area contributed by atoms with Gasteiger partial charge in [-0.1, -0.05) is 58.0 Å². The molecule has 1 unspecified atom stereocenters. The largest absolute Gasteiger partial charge is 0.294 e. The second kappa shape index (κ2) is 5.33. The van der Waals surface area contributed by atoms with Gasteiger partial charge in [-0.05, 0) is 23.6 Å². The van der Waals surface area contributed by atoms with Crippen LogP contribution in [-0.2, 0) is 5.41 Å². The normalized spacial score (nSPS) is 13.5. The van der Waals surface area contributed by atoms with Crippen LogP contribution in [0.1, 0.15) is 51.5 Å². The van der Waals surface area contributed by atoms with Crippen LogP contribution in [0.15, 0.2) is 30.3 Å². The predicted octanol–water partition coefficient (Wildman–Crippen LogP) is 4.23. The summed E-state index contributed by atoms with van der Waals surface area (Å²) in [6.45, 7) is 8.53. The molecule has 0 aliphatic heterocycles. The molecule has 0 fully saturated rings. The Hall–Kier alpha value is -1.35. The number of rotatable bonds is 3. The molecule has 0 spiro atoms. The zero-order valence-electron chi connectivity index (χ0n) is 11.9. The number of hydrogen-bond donors (Lipinski definition) is 0. The van der Waals surface area contributed by atoms with Crippen LogP contribution < -0.4 is 0 Å². The number of halogens is 1. The molecule has 1 heterocycles. The van der Waals surface area contributed by atoms with Crippen LogP contribution in [0.2, 0.25) is 5.28 Å². The molecule has 1 aromatic carbocycles. The van der Waals surface area contributed by atoms with Gasteiger partial charge in [-0.25, -0.2) is 0 Å². The summed E-state index contributed by atoms with van der Waals surface area (Å²) >= 11 is 6.26. The van der Waals surface area contributed by atoms with E-state index in [1.54, 1.807) is 0 Å². The Labute approximate surface area is 119 Å². The molecule has 2 aromatic rings. The first kappa shape index (κ1) is 14.1. The maximum Gasteiger partial charge on any atom is 0.225 e. The van der Waals surface area contributed by atoms with Gasteiger partial charge < -0.3 is 0 Å². The van der Waals surface area contributed by atoms with E-state index in [9.17, 15) is 0 Å². The van der Waals surface area contributed by atoms with Crippen LogP contribution in [0.4, 0.5) is 0 Å². The molecular weight excluding hydrogens is 258 g/mol. The van der Waals surface area contributed by atoms with Gasteiger partial charge in [0.1, 0.15) is 5.82 Å². The molecule has 1 atom stereocenters. The Morgan fingerprint density at radius 1 is 1.16 bits per heavy atom. The fraction of sp³-hybridized carbons (Fsp3) is 0.467. The van der Waals surface area contributed by atoms with Crippen LogP contribution in [0.5, 0.6) is 0 Å². The van der Waals surface area contributed by atoms with E-state index in [1.165, 1.54) is 5.56 Å². The van der Waals surface area contributed by atoms with Crippen molar-refractivity contribution in [1.29, 1.82) is 0 Å². The molecule has 4 heteroatoms. The molecule has 0 saturated carbocycles. The first-order chi connectivity index (χ1) is 8.95. The quantitative estimate of drug-likeness (QED) is 0.841. The number of aromatic nitrogens is 3. The monoisotopic (exact) mass is 277 g/mol. The van der Waals surface area contributed by atoms with Crippen molar-refractivity contribution in [3.8, 4) is 0 Å². The second-order valence-corrected chi connectivity index (χ2v) is 6.09. The lowest BCUT2D eigenvalue weighted by Crippen LogP contribution is -2.22. The van der Waals surface area contributed by atoms with Crippen molar-refractivity contribution in [3.63, 3.8) is 0 Å². The minimum atomic E-state index is -0.0810. The van der Waals surface area contributed by atoms with E-state index in [1.807, 2.05) is 18.2 Å². The van der Waals surface area contributed by atoms with Crippen LogP contribution in [0, 0.1) is 0 Å². The molecule has 0 aliphatic carbocycles. The van der Waals surface area contributed by atoms with Crippen LogP contribution in [0.25, 0.3) is 0 Å². The second-order valence-electron chi connectivity index (χ2n) is 5.75. The van der Waals surface area contributed by atoms with Crippen LogP contribution in [-0.4, -0.2) is 14.8 Å². The van der Waals surface area contributed by atoms with Gasteiger partial charge in [0, 0.05) is 5.41 Å². The molecule has 2 rings (SSSR count). The Bertz CT molecular complexity index is 540. The lowest BCUT2D eigenvalue weighted by atomic mass is 9.94. The molecule has 0 aliphatic rings. The summed E-state index contributed by atoms with van der Waals surface area (Å²) < 4.78 is 2.05. The maximum absolute atomic E-state index is 6.26. The molecule has 3 nitrogen and oxygen atoms in total. The topological polar surface area (TPSA) is 30.7 Å². The first-order valence-electron chi connectivity index (χ1n) is 6.61. The molecule has 0 radical (unpaired) electrons. The van der Waals surface area contributed by atoms with Gasteiger partial charge in [0.05, 0.1) is 6.04 Å². The van der Waals surface area contributed by atoms with Crippen molar-refractivity contribution >= 4 is 11.6 Å². The highest BCUT2D eigenvalue weighted by Gasteiger charge is 2.27. The van der Waals surface area contributed by atoms with Crippen molar-refractivity contribution in [2.24, 2.45) is 0 Å². The number of nitrogens with zero attached hydrogens (tertiary/aromatic N) is 3. The van der Waals surface area contributed by atoms with E-state index >= 15 is 0 Å². The van der Waals surface area contributed by atoms with Gasteiger partial charge in [0.25, 0.3) is 0 Å². The fourth-order valence-electron chi connectivity index (χ4n) is 2.30. The van der Waals surface area contributed by atoms with E-state index in [-0.39, 0.29) is 11.5 Å². The van der Waals surface area contributed by atoms with Gasteiger partial charge in [-0.2, -0.15) is 0 Å². The third kappa shape index (κ3) is 2.81. The van der Waals surface area contributed by atoms with E-state index in [4.69, 9.17) is 11.6 Å². The number of hydrogen-bond acceptors (Lipinski definition) is 2. The van der Waals surface area contributed by atoms with Crippen molar-refractivity contribution < 1.29 is 0 Å². The minimum Gasteiger partial charge on any atom is -0.294 e. The summed E-state index contributed by atoms with van der Waals surface area (Å²) in [5, 5.41) is 8.78. The van der Waals surface area contributed by atoms with Gasteiger partial charge >= 0.3 is 0 Å². The minimum absolute atomic E-state index is 0.0810. The van der Waals surface area contributed by atoms with Crippen molar-refractivity contribution in [2.75, 3.05) is 0 Å². The summed E-state index contributed by atoms with van der Waals surface area (Å²) in [6, 6.07) is 10.5. The Balaban J connectivity index is 2.53. The van der Waals surface area contributed by atoms with Gasteiger partial charge in [0.15, 0.2) is 0 Å². The van der Waals surface area contributed by atoms with Crippen molar-refractivity contribution in [3.05, 3.63) is 47.0 Å². The van der Waals surface area contributed by atoms with Crippen LogP contribution >= 0.6 is 11.6 Å². The van der Waals surface area contributed by atoms with Crippen molar-refractivity contribution in [1.82, 2.24) is 14.8 Å². The summed E-state index contributed by atoms with van der Waals surface area (Å²) in [4.78, 5) is 0. The molecule has 0 N–H and O–H groups in total. The van der Waals surface area contributed by atoms with E-state index in [0.29, 0.717) is 5.28 Å². The summed E-state index contributed by atoms with van der Waals surface area (Å²) in [6.07, 6.45) is 0.949. The average Bonchev–Trinajstić information content (AvgIpc) is 2.74. The van der Waals surface area contributed by atoms with Crippen molar-refractivity contribution in [2.45, 2.75) is 45.6 Å². The Kier molecular flexibility index (Phi) is 3.95. The van der Waals surface area contributed by atoms with E-state index < -0.39 is 0 Å². The zero-order chi connectivity index (χ0) is 14.0. The summed E-state index contributed by atoms with van der Waals surface area (Å²) in [7, 11) is 0. The predicted molar refractivity (Wildman–Crippen MR) is 78.6 cm³/mol. The lowest BCUT2D eigenvalue weighted by molar-refractivity contribution is 0.460. The third-order valence-electron chi connectivity index (χ3n) is 3.21. The van der Waals surface area contributed by atoms with Crippen LogP contribution in [0.3, 0.4) is 0 Å². The molecule has 1 aromatic heterocycles.